The number of nitrogens with zero attached hydrogens (tertiary/aromatic N) is 5. The van der Waals surface area contributed by atoms with Crippen LogP contribution in [0.25, 0.3) is 23.1 Å². The van der Waals surface area contributed by atoms with Crippen LogP contribution in [0, 0.1) is 0 Å². The molecule has 5 rings (SSSR count). The van der Waals surface area contributed by atoms with E-state index in [1.807, 2.05) is 0 Å². The molecule has 0 amide bonds. The molecular formula is C28H36IN5. The van der Waals surface area contributed by atoms with Crippen LogP contribution in [0.4, 0.5) is 11.4 Å². The molecule has 0 bridgehead atoms. The summed E-state index contributed by atoms with van der Waals surface area (Å²) in [5.41, 5.74) is 6.42. The Morgan fingerprint density at radius 2 is 1.29 bits per heavy atom. The summed E-state index contributed by atoms with van der Waals surface area (Å²) in [6.45, 7) is 8.85. The van der Waals surface area contributed by atoms with E-state index in [2.05, 4.69) is 112 Å². The molecule has 3 aromatic rings. The van der Waals surface area contributed by atoms with Crippen molar-refractivity contribution in [3.8, 4) is 0 Å². The number of likely N-dealkylation sites (N-methyl/N-ethyl adjacent to an activating group) is 2. The first-order valence-electron chi connectivity index (χ1n) is 12.2. The van der Waals surface area contributed by atoms with Gasteiger partial charge in [-0.1, -0.05) is 24.3 Å². The van der Waals surface area contributed by atoms with Crippen LogP contribution >= 0.6 is 0 Å². The van der Waals surface area contributed by atoms with Gasteiger partial charge < -0.3 is 43.6 Å². The molecule has 0 spiro atoms. The van der Waals surface area contributed by atoms with Crippen molar-refractivity contribution in [2.24, 2.45) is 7.05 Å². The van der Waals surface area contributed by atoms with Crippen LogP contribution in [0.15, 0.2) is 54.6 Å². The highest BCUT2D eigenvalue weighted by atomic mass is 127. The van der Waals surface area contributed by atoms with E-state index in [-0.39, 0.29) is 24.0 Å². The molecule has 2 aromatic carbocycles. The Balaban J connectivity index is 0.00000274. The molecule has 2 aliphatic heterocycles. The second kappa shape index (κ2) is 11.1. The van der Waals surface area contributed by atoms with Crippen molar-refractivity contribution >= 4 is 34.4 Å². The molecule has 2 aliphatic rings. The minimum Gasteiger partial charge on any atom is -1.00 e. The van der Waals surface area contributed by atoms with Gasteiger partial charge in [-0.2, -0.15) is 4.57 Å². The van der Waals surface area contributed by atoms with Gasteiger partial charge in [0.05, 0.1) is 11.1 Å². The highest BCUT2D eigenvalue weighted by molar-refractivity contribution is 5.91. The number of para-hydroxylation sites is 1. The van der Waals surface area contributed by atoms with E-state index in [1.54, 1.807) is 0 Å². The summed E-state index contributed by atoms with van der Waals surface area (Å²) in [5.74, 6) is 0. The van der Waals surface area contributed by atoms with E-state index in [9.17, 15) is 0 Å². The zero-order valence-electron chi connectivity index (χ0n) is 20.6. The quantitative estimate of drug-likeness (QED) is 0.333. The maximum absolute atomic E-state index is 2.55. The second-order valence-electron chi connectivity index (χ2n) is 9.54. The number of piperazine rings is 2. The number of halogens is 1. The molecule has 5 nitrogen and oxygen atoms in total. The van der Waals surface area contributed by atoms with Crippen molar-refractivity contribution in [1.82, 2.24) is 9.80 Å². The number of aryl methyl sites for hydroxylation is 1. The second-order valence-corrected chi connectivity index (χ2v) is 9.54. The number of rotatable bonds is 4. The van der Waals surface area contributed by atoms with Gasteiger partial charge >= 0.3 is 0 Å². The molecule has 2 fully saturated rings. The number of anilines is 2. The molecule has 0 unspecified atom stereocenters. The summed E-state index contributed by atoms with van der Waals surface area (Å²) in [4.78, 5) is 9.84. The molecule has 6 heteroatoms. The topological polar surface area (TPSA) is 16.8 Å². The van der Waals surface area contributed by atoms with E-state index in [0.29, 0.717) is 0 Å². The van der Waals surface area contributed by atoms with Crippen LogP contribution in [0.3, 0.4) is 0 Å². The molecule has 3 heterocycles. The smallest absolute Gasteiger partial charge is 0.214 e. The molecule has 0 radical (unpaired) electrons. The van der Waals surface area contributed by atoms with Crippen molar-refractivity contribution in [2.75, 3.05) is 76.3 Å². The Morgan fingerprint density at radius 1 is 0.706 bits per heavy atom. The molecule has 34 heavy (non-hydrogen) atoms. The SMILES string of the molecule is CN1CCN(c2ccc(/C=C/c3cc(N4CCN(C)CC4)c4ccccc4[n+]3C)cc2)CC1.[I-]. The average Bonchev–Trinajstić information content (AvgIpc) is 2.85. The molecule has 0 aliphatic carbocycles. The number of hydrogen-bond acceptors (Lipinski definition) is 4. The van der Waals surface area contributed by atoms with Gasteiger partial charge in [0.25, 0.3) is 0 Å². The van der Waals surface area contributed by atoms with Crippen LogP contribution in [0.1, 0.15) is 11.3 Å². The number of hydrogen-bond donors (Lipinski definition) is 0. The fourth-order valence-electron chi connectivity index (χ4n) is 4.95. The van der Waals surface area contributed by atoms with Crippen molar-refractivity contribution in [3.05, 3.63) is 65.9 Å². The van der Waals surface area contributed by atoms with Gasteiger partial charge in [0.15, 0.2) is 0 Å². The van der Waals surface area contributed by atoms with Crippen LogP contribution in [-0.4, -0.2) is 76.3 Å². The summed E-state index contributed by atoms with van der Waals surface area (Å²) in [6.07, 6.45) is 4.50. The first-order chi connectivity index (χ1) is 16.1. The summed E-state index contributed by atoms with van der Waals surface area (Å²) in [7, 11) is 6.59. The molecule has 2 saturated heterocycles. The van der Waals surface area contributed by atoms with E-state index < -0.39 is 0 Å². The van der Waals surface area contributed by atoms with Crippen LogP contribution in [0.5, 0.6) is 0 Å². The highest BCUT2D eigenvalue weighted by Crippen LogP contribution is 2.27. The molecule has 180 valence electrons. The molecule has 1 aromatic heterocycles. The van der Waals surface area contributed by atoms with Crippen molar-refractivity contribution in [2.45, 2.75) is 0 Å². The number of benzene rings is 2. The van der Waals surface area contributed by atoms with E-state index in [1.165, 1.54) is 33.5 Å². The average molecular weight is 570 g/mol. The van der Waals surface area contributed by atoms with Gasteiger partial charge in [0.1, 0.15) is 7.05 Å². The van der Waals surface area contributed by atoms with Crippen LogP contribution < -0.4 is 38.3 Å². The van der Waals surface area contributed by atoms with Gasteiger partial charge in [0.2, 0.25) is 11.2 Å². The lowest BCUT2D eigenvalue weighted by Crippen LogP contribution is -3.00. The largest absolute Gasteiger partial charge is 1.00 e. The number of aromatic nitrogens is 1. The Bertz CT molecular complexity index is 1130. The van der Waals surface area contributed by atoms with Crippen LogP contribution in [-0.2, 0) is 7.05 Å². The minimum absolute atomic E-state index is 0. The first-order valence-corrected chi connectivity index (χ1v) is 12.2. The normalized spacial score (nSPS) is 18.0. The Kier molecular flexibility index (Phi) is 8.11. The summed E-state index contributed by atoms with van der Waals surface area (Å²) >= 11 is 0. The molecule has 0 atom stereocenters. The van der Waals surface area contributed by atoms with Gasteiger partial charge in [0, 0.05) is 76.3 Å². The fourth-order valence-corrected chi connectivity index (χ4v) is 4.95. The standard InChI is InChI=1S/C28H36N5.HI/c1-29-14-18-32(19-15-29)24-11-8-23(9-12-24)10-13-25-22-28(33-20-16-30(2)17-21-33)26-6-4-5-7-27(26)31(25)3;/h4-13,22H,14-21H2,1-3H3;1H/q+1;/p-1. The third-order valence-electron chi connectivity index (χ3n) is 7.27. The number of fused-ring (bicyclic) bond motifs is 1. The third kappa shape index (κ3) is 5.39. The first kappa shape index (κ1) is 24.9. The molecular weight excluding hydrogens is 533 g/mol. The predicted octanol–water partition coefficient (Wildman–Crippen LogP) is 0.342. The van der Waals surface area contributed by atoms with Gasteiger partial charge in [-0.3, -0.25) is 0 Å². The summed E-state index contributed by atoms with van der Waals surface area (Å²) in [5, 5.41) is 1.33. The Morgan fingerprint density at radius 3 is 1.94 bits per heavy atom. The maximum atomic E-state index is 2.55. The molecule has 0 saturated carbocycles. The lowest BCUT2D eigenvalue weighted by molar-refractivity contribution is -0.646. The van der Waals surface area contributed by atoms with Gasteiger partial charge in [-0.25, -0.2) is 0 Å². The lowest BCUT2D eigenvalue weighted by Gasteiger charge is -2.34. The van der Waals surface area contributed by atoms with E-state index >= 15 is 0 Å². The van der Waals surface area contributed by atoms with Gasteiger partial charge in [-0.15, -0.1) is 0 Å². The van der Waals surface area contributed by atoms with Crippen molar-refractivity contribution in [3.63, 3.8) is 0 Å². The maximum Gasteiger partial charge on any atom is 0.214 e. The predicted molar refractivity (Wildman–Crippen MR) is 140 cm³/mol. The van der Waals surface area contributed by atoms with Crippen molar-refractivity contribution in [1.29, 1.82) is 0 Å². The number of pyridine rings is 1. The zero-order chi connectivity index (χ0) is 22.8. The van der Waals surface area contributed by atoms with E-state index in [0.717, 1.165) is 52.4 Å². The van der Waals surface area contributed by atoms with E-state index in [4.69, 9.17) is 0 Å². The van der Waals surface area contributed by atoms with Gasteiger partial charge in [-0.05, 0) is 43.9 Å². The summed E-state index contributed by atoms with van der Waals surface area (Å²) < 4.78 is 2.31. The summed E-state index contributed by atoms with van der Waals surface area (Å²) in [6, 6.07) is 20.2. The lowest BCUT2D eigenvalue weighted by atomic mass is 10.1. The molecule has 0 N–H and O–H groups in total. The zero-order valence-corrected chi connectivity index (χ0v) is 22.8. The Hall–Kier alpha value is -2.16. The minimum atomic E-state index is 0. The monoisotopic (exact) mass is 569 g/mol. The fraction of sp³-hybridized carbons (Fsp3) is 0.393. The highest BCUT2D eigenvalue weighted by Gasteiger charge is 2.21. The third-order valence-corrected chi connectivity index (χ3v) is 7.27. The van der Waals surface area contributed by atoms with Crippen LogP contribution in [0.2, 0.25) is 0 Å². The van der Waals surface area contributed by atoms with Crippen molar-refractivity contribution < 1.29 is 28.5 Å². The Labute approximate surface area is 221 Å².